The highest BCUT2D eigenvalue weighted by Crippen LogP contribution is 2.33. The van der Waals surface area contributed by atoms with E-state index in [2.05, 4.69) is 10.5 Å². The van der Waals surface area contributed by atoms with Crippen molar-refractivity contribution in [1.29, 1.82) is 0 Å². The average molecular weight is 514 g/mol. The molecule has 1 N–H and O–H groups in total. The number of nitrogens with one attached hydrogen (secondary N) is 1. The third-order valence-corrected chi connectivity index (χ3v) is 7.33. The van der Waals surface area contributed by atoms with E-state index in [4.69, 9.17) is 21.1 Å². The van der Waals surface area contributed by atoms with Gasteiger partial charge in [-0.3, -0.25) is 4.79 Å². The number of amides is 1. The van der Waals surface area contributed by atoms with Gasteiger partial charge < -0.3 is 9.47 Å². The minimum atomic E-state index is -4.01. The fraction of sp³-hybridized carbons (Fsp3) is 0.200. The van der Waals surface area contributed by atoms with Crippen LogP contribution in [0.1, 0.15) is 11.1 Å². The first-order valence-corrected chi connectivity index (χ1v) is 12.7. The maximum atomic E-state index is 13.5. The van der Waals surface area contributed by atoms with Crippen molar-refractivity contribution in [2.75, 3.05) is 26.3 Å². The molecule has 1 heterocycles. The summed E-state index contributed by atoms with van der Waals surface area (Å²) in [6, 6.07) is 20.8. The van der Waals surface area contributed by atoms with E-state index in [-0.39, 0.29) is 11.4 Å². The van der Waals surface area contributed by atoms with Crippen LogP contribution in [0.4, 0.5) is 0 Å². The summed E-state index contributed by atoms with van der Waals surface area (Å²) in [5.74, 6) is 0.280. The van der Waals surface area contributed by atoms with Crippen LogP contribution >= 0.6 is 11.6 Å². The van der Waals surface area contributed by atoms with Gasteiger partial charge in [-0.15, -0.1) is 0 Å². The standard InChI is InChI=1S/C25H24ClN3O5S/c26-21-8-6-20(7-9-21)17-27-28-25(30)18-29(13-12-19-4-2-1-3-5-19)35(31,32)22-10-11-23-24(16-22)34-15-14-33-23/h1-11,16-17H,12-15,18H2,(H,28,30)/b27-17+. The second kappa shape index (κ2) is 11.4. The molecular weight excluding hydrogens is 490 g/mol. The molecule has 0 radical (unpaired) electrons. The summed E-state index contributed by atoms with van der Waals surface area (Å²) in [6.07, 6.45) is 1.89. The predicted octanol–water partition coefficient (Wildman–Crippen LogP) is 3.49. The number of carbonyl (C=O) groups excluding carboxylic acids is 1. The van der Waals surface area contributed by atoms with Crippen molar-refractivity contribution in [3.05, 3.63) is 88.9 Å². The van der Waals surface area contributed by atoms with Crippen LogP contribution in [0.5, 0.6) is 11.5 Å². The van der Waals surface area contributed by atoms with Crippen molar-refractivity contribution >= 4 is 33.7 Å². The lowest BCUT2D eigenvalue weighted by Gasteiger charge is -2.23. The van der Waals surface area contributed by atoms with E-state index in [1.165, 1.54) is 18.3 Å². The normalized spacial score (nSPS) is 13.2. The Labute approximate surface area is 209 Å². The quantitative estimate of drug-likeness (QED) is 0.349. The Hall–Kier alpha value is -3.40. The van der Waals surface area contributed by atoms with E-state index in [0.29, 0.717) is 36.2 Å². The van der Waals surface area contributed by atoms with Gasteiger partial charge in [0.25, 0.3) is 5.91 Å². The summed E-state index contributed by atoms with van der Waals surface area (Å²) in [5, 5.41) is 4.52. The van der Waals surface area contributed by atoms with Gasteiger partial charge in [-0.05, 0) is 41.8 Å². The number of nitrogens with zero attached hydrogens (tertiary/aromatic N) is 2. The van der Waals surface area contributed by atoms with E-state index >= 15 is 0 Å². The number of benzene rings is 3. The molecule has 0 bridgehead atoms. The molecule has 1 aliphatic rings. The van der Waals surface area contributed by atoms with Gasteiger partial charge in [0.1, 0.15) is 13.2 Å². The Morgan fingerprint density at radius 2 is 1.71 bits per heavy atom. The molecule has 35 heavy (non-hydrogen) atoms. The minimum Gasteiger partial charge on any atom is -0.486 e. The summed E-state index contributed by atoms with van der Waals surface area (Å²) in [5.41, 5.74) is 4.08. The first kappa shape index (κ1) is 24.7. The van der Waals surface area contributed by atoms with Gasteiger partial charge in [-0.1, -0.05) is 54.1 Å². The summed E-state index contributed by atoms with van der Waals surface area (Å²) < 4.78 is 39.2. The number of carbonyl (C=O) groups is 1. The Balaban J connectivity index is 1.50. The Bertz CT molecular complexity index is 1300. The van der Waals surface area contributed by atoms with Crippen molar-refractivity contribution in [2.45, 2.75) is 11.3 Å². The van der Waals surface area contributed by atoms with Crippen LogP contribution in [0.2, 0.25) is 5.02 Å². The van der Waals surface area contributed by atoms with Gasteiger partial charge in [-0.2, -0.15) is 9.41 Å². The van der Waals surface area contributed by atoms with Crippen LogP contribution in [0.15, 0.2) is 82.8 Å². The second-order valence-corrected chi connectivity index (χ2v) is 10.1. The number of hydrogen-bond donors (Lipinski definition) is 1. The fourth-order valence-corrected chi connectivity index (χ4v) is 4.98. The number of halogens is 1. The van der Waals surface area contributed by atoms with Crippen molar-refractivity contribution in [3.63, 3.8) is 0 Å². The van der Waals surface area contributed by atoms with Gasteiger partial charge in [0.05, 0.1) is 17.7 Å². The average Bonchev–Trinajstić information content (AvgIpc) is 2.88. The maximum absolute atomic E-state index is 13.5. The van der Waals surface area contributed by atoms with Crippen molar-refractivity contribution < 1.29 is 22.7 Å². The lowest BCUT2D eigenvalue weighted by molar-refractivity contribution is -0.121. The summed E-state index contributed by atoms with van der Waals surface area (Å²) in [4.78, 5) is 12.6. The summed E-state index contributed by atoms with van der Waals surface area (Å²) in [6.45, 7) is 0.442. The summed E-state index contributed by atoms with van der Waals surface area (Å²) in [7, 11) is -4.01. The topological polar surface area (TPSA) is 97.3 Å². The minimum absolute atomic E-state index is 0.0206. The third kappa shape index (κ3) is 6.60. The molecular formula is C25H24ClN3O5S. The lowest BCUT2D eigenvalue weighted by atomic mass is 10.1. The molecule has 8 nitrogen and oxygen atoms in total. The molecule has 0 aromatic heterocycles. The Kier molecular flexibility index (Phi) is 8.02. The maximum Gasteiger partial charge on any atom is 0.255 e. The molecule has 182 valence electrons. The van der Waals surface area contributed by atoms with E-state index in [0.717, 1.165) is 15.4 Å². The number of hydrogen-bond acceptors (Lipinski definition) is 6. The molecule has 10 heteroatoms. The zero-order valence-corrected chi connectivity index (χ0v) is 20.3. The van der Waals surface area contributed by atoms with Gasteiger partial charge in [0.2, 0.25) is 10.0 Å². The smallest absolute Gasteiger partial charge is 0.255 e. The van der Waals surface area contributed by atoms with Crippen LogP contribution in [0.3, 0.4) is 0 Å². The van der Waals surface area contributed by atoms with Gasteiger partial charge in [-0.25, -0.2) is 13.8 Å². The summed E-state index contributed by atoms with van der Waals surface area (Å²) >= 11 is 5.87. The number of sulfonamides is 1. The molecule has 1 aliphatic heterocycles. The molecule has 1 amide bonds. The molecule has 0 aliphatic carbocycles. The molecule has 3 aromatic rings. The molecule has 0 spiro atoms. The first-order chi connectivity index (χ1) is 16.9. The van der Waals surface area contributed by atoms with E-state index in [1.54, 1.807) is 30.3 Å². The number of hydrazone groups is 1. The highest BCUT2D eigenvalue weighted by Gasteiger charge is 2.28. The van der Waals surface area contributed by atoms with Crippen LogP contribution < -0.4 is 14.9 Å². The monoisotopic (exact) mass is 513 g/mol. The zero-order chi connectivity index (χ0) is 24.7. The van der Waals surface area contributed by atoms with Gasteiger partial charge >= 0.3 is 0 Å². The third-order valence-electron chi connectivity index (χ3n) is 5.24. The van der Waals surface area contributed by atoms with E-state index in [9.17, 15) is 13.2 Å². The zero-order valence-electron chi connectivity index (χ0n) is 18.8. The van der Waals surface area contributed by atoms with Crippen LogP contribution in [0, 0.1) is 0 Å². The van der Waals surface area contributed by atoms with Crippen LogP contribution in [-0.2, 0) is 21.2 Å². The SMILES string of the molecule is O=C(CN(CCc1ccccc1)S(=O)(=O)c1ccc2c(c1)OCCO2)N/N=C/c1ccc(Cl)cc1. The number of rotatable bonds is 9. The van der Waals surface area contributed by atoms with Crippen molar-refractivity contribution in [2.24, 2.45) is 5.10 Å². The predicted molar refractivity (Wildman–Crippen MR) is 134 cm³/mol. The van der Waals surface area contributed by atoms with Gasteiger partial charge in [0.15, 0.2) is 11.5 Å². The molecule has 0 saturated heterocycles. The highest BCUT2D eigenvalue weighted by molar-refractivity contribution is 7.89. The molecule has 0 unspecified atom stereocenters. The van der Waals surface area contributed by atoms with Gasteiger partial charge in [0, 0.05) is 17.6 Å². The lowest BCUT2D eigenvalue weighted by Crippen LogP contribution is -2.40. The first-order valence-electron chi connectivity index (χ1n) is 10.9. The molecule has 0 saturated carbocycles. The van der Waals surface area contributed by atoms with Crippen LogP contribution in [-0.4, -0.2) is 51.1 Å². The number of ether oxygens (including phenoxy) is 2. The molecule has 0 atom stereocenters. The van der Waals surface area contributed by atoms with Crippen molar-refractivity contribution in [3.8, 4) is 11.5 Å². The number of fused-ring (bicyclic) bond motifs is 1. The van der Waals surface area contributed by atoms with Crippen molar-refractivity contribution in [1.82, 2.24) is 9.73 Å². The largest absolute Gasteiger partial charge is 0.486 e. The molecule has 0 fully saturated rings. The fourth-order valence-electron chi connectivity index (χ4n) is 3.44. The van der Waals surface area contributed by atoms with E-state index in [1.807, 2.05) is 30.3 Å². The second-order valence-electron chi connectivity index (χ2n) is 7.72. The van der Waals surface area contributed by atoms with E-state index < -0.39 is 22.5 Å². The highest BCUT2D eigenvalue weighted by atomic mass is 35.5. The van der Waals surface area contributed by atoms with Crippen LogP contribution in [0.25, 0.3) is 0 Å². The Morgan fingerprint density at radius 3 is 2.46 bits per heavy atom. The molecule has 4 rings (SSSR count). The Morgan fingerprint density at radius 1 is 1.00 bits per heavy atom. The molecule has 3 aromatic carbocycles.